The molecule has 0 spiro atoms. The predicted molar refractivity (Wildman–Crippen MR) is 85.7 cm³/mol. The molecule has 1 N–H and O–H groups in total. The van der Waals surface area contributed by atoms with Crippen molar-refractivity contribution in [1.29, 1.82) is 0 Å². The molecule has 0 aromatic carbocycles. The highest BCUT2D eigenvalue weighted by Crippen LogP contribution is 2.31. The van der Waals surface area contributed by atoms with Crippen LogP contribution in [-0.2, 0) is 17.7 Å². The largest absolute Gasteiger partial charge is 0.383 e. The molecule has 1 heterocycles. The first-order chi connectivity index (χ1) is 10.3. The van der Waals surface area contributed by atoms with Gasteiger partial charge in [-0.05, 0) is 49.8 Å². The Bertz CT molecular complexity index is 469. The number of rotatable bonds is 9. The Hall–Kier alpha value is -1.13. The normalized spacial score (nSPS) is 18.0. The zero-order valence-electron chi connectivity index (χ0n) is 13.3. The summed E-state index contributed by atoms with van der Waals surface area (Å²) < 4.78 is 5.26. The zero-order valence-corrected chi connectivity index (χ0v) is 13.3. The predicted octanol–water partition coefficient (Wildman–Crippen LogP) is 2.51. The summed E-state index contributed by atoms with van der Waals surface area (Å²) >= 11 is 0. The van der Waals surface area contributed by atoms with E-state index in [9.17, 15) is 0 Å². The number of methoxy groups -OCH3 is 1. The van der Waals surface area contributed by atoms with Gasteiger partial charge in [-0.1, -0.05) is 6.92 Å². The number of nitrogens with one attached hydrogen (secondary N) is 1. The summed E-state index contributed by atoms with van der Waals surface area (Å²) in [7, 11) is 1.77. The Balaban J connectivity index is 1.75. The van der Waals surface area contributed by atoms with Crippen molar-refractivity contribution < 1.29 is 4.74 Å². The molecule has 0 radical (unpaired) electrons. The van der Waals surface area contributed by atoms with Crippen LogP contribution in [-0.4, -0.2) is 37.3 Å². The van der Waals surface area contributed by atoms with Crippen LogP contribution in [0.15, 0.2) is 12.1 Å². The quantitative estimate of drug-likeness (QED) is 0.758. The number of nitrogens with zero attached hydrogens (tertiary/aromatic N) is 2. The van der Waals surface area contributed by atoms with E-state index in [0.29, 0.717) is 6.04 Å². The first-order valence-corrected chi connectivity index (χ1v) is 8.29. The summed E-state index contributed by atoms with van der Waals surface area (Å²) in [6.45, 7) is 4.86. The van der Waals surface area contributed by atoms with Crippen LogP contribution in [0.25, 0.3) is 0 Å². The van der Waals surface area contributed by atoms with Crippen molar-refractivity contribution in [3.63, 3.8) is 0 Å². The van der Waals surface area contributed by atoms with Crippen LogP contribution >= 0.6 is 0 Å². The van der Waals surface area contributed by atoms with Crippen LogP contribution in [0.4, 0.5) is 5.82 Å². The summed E-state index contributed by atoms with van der Waals surface area (Å²) in [5.41, 5.74) is 2.56. The van der Waals surface area contributed by atoms with E-state index in [1.807, 2.05) is 0 Å². The van der Waals surface area contributed by atoms with Gasteiger partial charge in [0.1, 0.15) is 5.82 Å². The number of anilines is 1. The Morgan fingerprint density at radius 2 is 2.10 bits per heavy atom. The lowest BCUT2D eigenvalue weighted by molar-refractivity contribution is 0.204. The second kappa shape index (κ2) is 6.75. The molecule has 116 valence electrons. The van der Waals surface area contributed by atoms with E-state index < -0.39 is 0 Å². The molecular formula is C17H27N3O. The molecule has 2 saturated carbocycles. The second-order valence-corrected chi connectivity index (χ2v) is 6.25. The number of aromatic nitrogens is 1. The standard InChI is InChI=1S/C17H27N3O/c1-3-14-10-13(12-18-15-4-5-15)11-17(19-14)20(8-9-21-2)16-6-7-16/h10-11,15-16,18H,3-9,12H2,1-2H3. The number of aryl methyl sites for hydroxylation is 1. The average Bonchev–Trinajstić information content (AvgIpc) is 3.38. The van der Waals surface area contributed by atoms with Gasteiger partial charge in [0.25, 0.3) is 0 Å². The van der Waals surface area contributed by atoms with E-state index in [4.69, 9.17) is 9.72 Å². The highest BCUT2D eigenvalue weighted by molar-refractivity contribution is 5.45. The zero-order chi connectivity index (χ0) is 14.7. The van der Waals surface area contributed by atoms with Crippen molar-refractivity contribution in [2.24, 2.45) is 0 Å². The molecule has 0 unspecified atom stereocenters. The Labute approximate surface area is 127 Å². The second-order valence-electron chi connectivity index (χ2n) is 6.25. The van der Waals surface area contributed by atoms with Crippen LogP contribution in [0, 0.1) is 0 Å². The maximum atomic E-state index is 5.26. The lowest BCUT2D eigenvalue weighted by Crippen LogP contribution is -2.30. The topological polar surface area (TPSA) is 37.4 Å². The van der Waals surface area contributed by atoms with Gasteiger partial charge >= 0.3 is 0 Å². The van der Waals surface area contributed by atoms with Crippen molar-refractivity contribution in [2.45, 2.75) is 57.7 Å². The number of pyridine rings is 1. The minimum atomic E-state index is 0.670. The van der Waals surface area contributed by atoms with Gasteiger partial charge in [-0.15, -0.1) is 0 Å². The molecule has 0 saturated heterocycles. The lowest BCUT2D eigenvalue weighted by atomic mass is 10.2. The van der Waals surface area contributed by atoms with Crippen LogP contribution in [0.2, 0.25) is 0 Å². The van der Waals surface area contributed by atoms with Gasteiger partial charge in [0.05, 0.1) is 6.61 Å². The van der Waals surface area contributed by atoms with Crippen molar-refractivity contribution in [3.8, 4) is 0 Å². The molecule has 0 aliphatic heterocycles. The SMILES string of the molecule is CCc1cc(CNC2CC2)cc(N(CCOC)C2CC2)n1. The van der Waals surface area contributed by atoms with Gasteiger partial charge in [-0.3, -0.25) is 0 Å². The Kier molecular flexibility index (Phi) is 4.76. The third-order valence-corrected chi connectivity index (χ3v) is 4.28. The molecule has 0 amide bonds. The molecular weight excluding hydrogens is 262 g/mol. The number of hydrogen-bond donors (Lipinski definition) is 1. The van der Waals surface area contributed by atoms with Crippen molar-refractivity contribution in [2.75, 3.05) is 25.2 Å². The van der Waals surface area contributed by atoms with Gasteiger partial charge in [0, 0.05) is 38.0 Å². The van der Waals surface area contributed by atoms with Crippen molar-refractivity contribution >= 4 is 5.82 Å². The molecule has 4 heteroatoms. The third-order valence-electron chi connectivity index (χ3n) is 4.28. The first kappa shape index (κ1) is 14.8. The third kappa shape index (κ3) is 4.17. The van der Waals surface area contributed by atoms with Crippen LogP contribution in [0.3, 0.4) is 0 Å². The minimum absolute atomic E-state index is 0.670. The lowest BCUT2D eigenvalue weighted by Gasteiger charge is -2.24. The molecule has 1 aromatic rings. The molecule has 3 rings (SSSR count). The van der Waals surface area contributed by atoms with Crippen LogP contribution in [0.1, 0.15) is 43.9 Å². The van der Waals surface area contributed by atoms with E-state index in [2.05, 4.69) is 29.3 Å². The van der Waals surface area contributed by atoms with Gasteiger partial charge in [-0.25, -0.2) is 4.98 Å². The van der Waals surface area contributed by atoms with E-state index >= 15 is 0 Å². The van der Waals surface area contributed by atoms with Crippen LogP contribution in [0.5, 0.6) is 0 Å². The summed E-state index contributed by atoms with van der Waals surface area (Å²) in [6, 6.07) is 5.94. The maximum absolute atomic E-state index is 5.26. The fraction of sp³-hybridized carbons (Fsp3) is 0.706. The summed E-state index contributed by atoms with van der Waals surface area (Å²) in [6.07, 6.45) is 6.24. The molecule has 2 fully saturated rings. The Morgan fingerprint density at radius 1 is 1.29 bits per heavy atom. The van der Waals surface area contributed by atoms with Gasteiger partial charge in [-0.2, -0.15) is 0 Å². The summed E-state index contributed by atoms with van der Waals surface area (Å²) in [5, 5.41) is 3.61. The number of hydrogen-bond acceptors (Lipinski definition) is 4. The van der Waals surface area contributed by atoms with Crippen LogP contribution < -0.4 is 10.2 Å². The van der Waals surface area contributed by atoms with Gasteiger partial charge in [0.15, 0.2) is 0 Å². The average molecular weight is 289 g/mol. The van der Waals surface area contributed by atoms with E-state index in [0.717, 1.165) is 38.0 Å². The molecule has 0 bridgehead atoms. The molecule has 0 atom stereocenters. The molecule has 2 aliphatic rings. The monoisotopic (exact) mass is 289 g/mol. The number of ether oxygens (including phenoxy) is 1. The van der Waals surface area contributed by atoms with Gasteiger partial charge < -0.3 is 15.0 Å². The molecule has 21 heavy (non-hydrogen) atoms. The fourth-order valence-corrected chi connectivity index (χ4v) is 2.67. The van der Waals surface area contributed by atoms with Crippen molar-refractivity contribution in [3.05, 3.63) is 23.4 Å². The first-order valence-electron chi connectivity index (χ1n) is 8.29. The van der Waals surface area contributed by atoms with E-state index in [1.54, 1.807) is 7.11 Å². The Morgan fingerprint density at radius 3 is 2.71 bits per heavy atom. The van der Waals surface area contributed by atoms with E-state index in [1.165, 1.54) is 36.9 Å². The highest BCUT2D eigenvalue weighted by atomic mass is 16.5. The molecule has 1 aromatic heterocycles. The summed E-state index contributed by atoms with van der Waals surface area (Å²) in [4.78, 5) is 7.29. The minimum Gasteiger partial charge on any atom is -0.383 e. The maximum Gasteiger partial charge on any atom is 0.129 e. The van der Waals surface area contributed by atoms with Gasteiger partial charge in [0.2, 0.25) is 0 Å². The van der Waals surface area contributed by atoms with Crippen molar-refractivity contribution in [1.82, 2.24) is 10.3 Å². The summed E-state index contributed by atoms with van der Waals surface area (Å²) in [5.74, 6) is 1.14. The smallest absolute Gasteiger partial charge is 0.129 e. The fourth-order valence-electron chi connectivity index (χ4n) is 2.67. The highest BCUT2D eigenvalue weighted by Gasteiger charge is 2.30. The molecule has 2 aliphatic carbocycles. The van der Waals surface area contributed by atoms with E-state index in [-0.39, 0.29) is 0 Å². The molecule has 4 nitrogen and oxygen atoms in total.